The Morgan fingerprint density at radius 2 is 2.33 bits per heavy atom. The van der Waals surface area contributed by atoms with Gasteiger partial charge in [0, 0.05) is 13.5 Å². The summed E-state index contributed by atoms with van der Waals surface area (Å²) in [6, 6.07) is -0.200. The first-order chi connectivity index (χ1) is 5.74. The number of ether oxygens (including phenoxy) is 1. The lowest BCUT2D eigenvalue weighted by molar-refractivity contribution is 0.194. The molecule has 1 rings (SSSR count). The first-order valence-electron chi connectivity index (χ1n) is 3.81. The maximum absolute atomic E-state index is 5.53. The summed E-state index contributed by atoms with van der Waals surface area (Å²) in [5.74, 6) is 1.05. The highest BCUT2D eigenvalue weighted by Crippen LogP contribution is 2.07. The fourth-order valence-electron chi connectivity index (χ4n) is 0.741. The monoisotopic (exact) mass is 171 g/mol. The van der Waals surface area contributed by atoms with Gasteiger partial charge in [0.2, 0.25) is 11.8 Å². The van der Waals surface area contributed by atoms with Gasteiger partial charge in [-0.05, 0) is 6.92 Å². The largest absolute Gasteiger partial charge is 0.424 e. The summed E-state index contributed by atoms with van der Waals surface area (Å²) in [6.45, 7) is 2.38. The third kappa shape index (κ3) is 2.28. The standard InChI is InChI=1S/C7H13N3O2/c1-5(8)7-10-9-6(12-7)3-4-11-2/h5H,3-4,8H2,1-2H3. The SMILES string of the molecule is COCCc1nnc(C(C)N)o1. The molecule has 0 bridgehead atoms. The van der Waals surface area contributed by atoms with Gasteiger partial charge in [0.1, 0.15) is 0 Å². The van der Waals surface area contributed by atoms with Crippen LogP contribution in [-0.4, -0.2) is 23.9 Å². The van der Waals surface area contributed by atoms with Crippen molar-refractivity contribution in [3.63, 3.8) is 0 Å². The van der Waals surface area contributed by atoms with Crippen molar-refractivity contribution in [1.82, 2.24) is 10.2 Å². The zero-order valence-corrected chi connectivity index (χ0v) is 7.28. The molecule has 0 aromatic carbocycles. The molecule has 1 heterocycles. The van der Waals surface area contributed by atoms with E-state index in [4.69, 9.17) is 14.9 Å². The van der Waals surface area contributed by atoms with Crippen LogP contribution in [0.15, 0.2) is 4.42 Å². The molecule has 1 aromatic heterocycles. The van der Waals surface area contributed by atoms with E-state index in [1.807, 2.05) is 0 Å². The summed E-state index contributed by atoms with van der Waals surface area (Å²) < 4.78 is 10.1. The third-order valence-electron chi connectivity index (χ3n) is 1.39. The van der Waals surface area contributed by atoms with E-state index in [1.54, 1.807) is 14.0 Å². The Labute approximate surface area is 70.9 Å². The van der Waals surface area contributed by atoms with E-state index >= 15 is 0 Å². The molecule has 0 radical (unpaired) electrons. The maximum atomic E-state index is 5.53. The Hall–Kier alpha value is -0.940. The average molecular weight is 171 g/mol. The predicted octanol–water partition coefficient (Wildman–Crippen LogP) is 0.278. The summed E-state index contributed by atoms with van der Waals surface area (Å²) >= 11 is 0. The fourth-order valence-corrected chi connectivity index (χ4v) is 0.741. The Morgan fingerprint density at radius 3 is 2.83 bits per heavy atom. The molecule has 12 heavy (non-hydrogen) atoms. The van der Waals surface area contributed by atoms with Crippen LogP contribution < -0.4 is 5.73 Å². The molecule has 0 saturated carbocycles. The smallest absolute Gasteiger partial charge is 0.232 e. The van der Waals surface area contributed by atoms with Crippen molar-refractivity contribution in [3.8, 4) is 0 Å². The molecule has 0 aliphatic carbocycles. The van der Waals surface area contributed by atoms with Crippen molar-refractivity contribution in [3.05, 3.63) is 11.8 Å². The number of hydrogen-bond acceptors (Lipinski definition) is 5. The molecular formula is C7H13N3O2. The highest BCUT2D eigenvalue weighted by Gasteiger charge is 2.08. The quantitative estimate of drug-likeness (QED) is 0.704. The summed E-state index contributed by atoms with van der Waals surface area (Å²) in [7, 11) is 1.63. The van der Waals surface area contributed by atoms with Gasteiger partial charge in [-0.25, -0.2) is 0 Å². The van der Waals surface area contributed by atoms with E-state index < -0.39 is 0 Å². The zero-order chi connectivity index (χ0) is 8.97. The molecule has 5 nitrogen and oxygen atoms in total. The third-order valence-corrected chi connectivity index (χ3v) is 1.39. The van der Waals surface area contributed by atoms with Crippen LogP contribution in [0.25, 0.3) is 0 Å². The number of rotatable bonds is 4. The van der Waals surface area contributed by atoms with E-state index in [0.717, 1.165) is 0 Å². The van der Waals surface area contributed by atoms with Gasteiger partial charge in [-0.15, -0.1) is 10.2 Å². The van der Waals surface area contributed by atoms with Crippen LogP contribution in [0.1, 0.15) is 24.7 Å². The molecule has 5 heteroatoms. The molecule has 2 N–H and O–H groups in total. The molecule has 0 aliphatic heterocycles. The lowest BCUT2D eigenvalue weighted by Crippen LogP contribution is -2.04. The normalized spacial score (nSPS) is 13.2. The van der Waals surface area contributed by atoms with Gasteiger partial charge in [0.05, 0.1) is 12.6 Å². The summed E-state index contributed by atoms with van der Waals surface area (Å²) in [5.41, 5.74) is 5.53. The minimum atomic E-state index is -0.200. The lowest BCUT2D eigenvalue weighted by atomic mass is 10.4. The van der Waals surface area contributed by atoms with Crippen molar-refractivity contribution in [2.75, 3.05) is 13.7 Å². The molecule has 1 atom stereocenters. The van der Waals surface area contributed by atoms with E-state index in [0.29, 0.717) is 24.8 Å². The Kier molecular flexibility index (Phi) is 3.19. The van der Waals surface area contributed by atoms with Crippen LogP contribution >= 0.6 is 0 Å². The minimum absolute atomic E-state index is 0.200. The van der Waals surface area contributed by atoms with Crippen molar-refractivity contribution < 1.29 is 9.15 Å². The van der Waals surface area contributed by atoms with Crippen LogP contribution in [0.4, 0.5) is 0 Å². The van der Waals surface area contributed by atoms with Crippen LogP contribution in [0.3, 0.4) is 0 Å². The molecule has 0 spiro atoms. The van der Waals surface area contributed by atoms with Crippen molar-refractivity contribution in [1.29, 1.82) is 0 Å². The number of hydrogen-bond donors (Lipinski definition) is 1. The van der Waals surface area contributed by atoms with E-state index in [1.165, 1.54) is 0 Å². The number of aromatic nitrogens is 2. The van der Waals surface area contributed by atoms with Crippen LogP contribution in [0, 0.1) is 0 Å². The summed E-state index contributed by atoms with van der Waals surface area (Å²) in [5, 5.41) is 7.57. The van der Waals surface area contributed by atoms with Gasteiger partial charge in [-0.2, -0.15) is 0 Å². The lowest BCUT2D eigenvalue weighted by Gasteiger charge is -1.95. The van der Waals surface area contributed by atoms with E-state index in [2.05, 4.69) is 10.2 Å². The topological polar surface area (TPSA) is 74.2 Å². The first-order valence-corrected chi connectivity index (χ1v) is 3.81. The van der Waals surface area contributed by atoms with Crippen LogP contribution in [0.2, 0.25) is 0 Å². The number of nitrogens with zero attached hydrogens (tertiary/aromatic N) is 2. The number of methoxy groups -OCH3 is 1. The van der Waals surface area contributed by atoms with Crippen molar-refractivity contribution in [2.45, 2.75) is 19.4 Å². The second kappa shape index (κ2) is 4.18. The minimum Gasteiger partial charge on any atom is -0.424 e. The van der Waals surface area contributed by atoms with Gasteiger partial charge in [-0.3, -0.25) is 0 Å². The molecule has 1 unspecified atom stereocenters. The molecule has 0 saturated heterocycles. The summed E-state index contributed by atoms with van der Waals surface area (Å²) in [4.78, 5) is 0. The molecule has 1 aromatic rings. The maximum Gasteiger partial charge on any atom is 0.232 e. The van der Waals surface area contributed by atoms with Gasteiger partial charge < -0.3 is 14.9 Å². The van der Waals surface area contributed by atoms with Gasteiger partial charge in [0.15, 0.2) is 0 Å². The van der Waals surface area contributed by atoms with Gasteiger partial charge in [-0.1, -0.05) is 0 Å². The van der Waals surface area contributed by atoms with Crippen LogP contribution in [-0.2, 0) is 11.2 Å². The Bertz CT molecular complexity index is 234. The van der Waals surface area contributed by atoms with Gasteiger partial charge >= 0.3 is 0 Å². The highest BCUT2D eigenvalue weighted by atomic mass is 16.5. The Balaban J connectivity index is 2.52. The Morgan fingerprint density at radius 1 is 1.58 bits per heavy atom. The second-order valence-electron chi connectivity index (χ2n) is 2.57. The van der Waals surface area contributed by atoms with E-state index in [-0.39, 0.29) is 6.04 Å². The van der Waals surface area contributed by atoms with E-state index in [9.17, 15) is 0 Å². The second-order valence-corrected chi connectivity index (χ2v) is 2.57. The van der Waals surface area contributed by atoms with Crippen molar-refractivity contribution in [2.24, 2.45) is 5.73 Å². The number of nitrogens with two attached hydrogens (primary N) is 1. The zero-order valence-electron chi connectivity index (χ0n) is 7.28. The molecule has 68 valence electrons. The molecular weight excluding hydrogens is 158 g/mol. The fraction of sp³-hybridized carbons (Fsp3) is 0.714. The highest BCUT2D eigenvalue weighted by molar-refractivity contribution is 4.86. The van der Waals surface area contributed by atoms with Crippen molar-refractivity contribution >= 4 is 0 Å². The molecule has 0 amide bonds. The first kappa shape index (κ1) is 9.15. The summed E-state index contributed by atoms with van der Waals surface area (Å²) in [6.07, 6.45) is 0.635. The molecule has 0 aliphatic rings. The molecule has 0 fully saturated rings. The predicted molar refractivity (Wildman–Crippen MR) is 42.5 cm³/mol. The van der Waals surface area contributed by atoms with Gasteiger partial charge in [0.25, 0.3) is 0 Å². The average Bonchev–Trinajstić information content (AvgIpc) is 2.48. The van der Waals surface area contributed by atoms with Crippen LogP contribution in [0.5, 0.6) is 0 Å².